The van der Waals surface area contributed by atoms with Crippen LogP contribution >= 0.6 is 0 Å². The molecule has 0 aliphatic carbocycles. The minimum Gasteiger partial charge on any atom is -0.465 e. The maximum atomic E-state index is 10.8. The lowest BCUT2D eigenvalue weighted by Crippen LogP contribution is -2.56. The molecule has 0 aromatic rings. The van der Waals surface area contributed by atoms with Crippen LogP contribution in [0.15, 0.2) is 0 Å². The Labute approximate surface area is 64.5 Å². The van der Waals surface area contributed by atoms with Gasteiger partial charge in [-0.25, -0.2) is 13.2 Å². The molecule has 6 heteroatoms. The molecule has 64 valence electrons. The fourth-order valence-electron chi connectivity index (χ4n) is 0.865. The van der Waals surface area contributed by atoms with Gasteiger partial charge in [0.15, 0.2) is 9.84 Å². The van der Waals surface area contributed by atoms with Crippen molar-refractivity contribution < 1.29 is 18.3 Å². The first-order valence-corrected chi connectivity index (χ1v) is 5.03. The van der Waals surface area contributed by atoms with Crippen LogP contribution in [-0.2, 0) is 9.84 Å². The average molecular weight is 179 g/mol. The Balaban J connectivity index is 2.48. The number of carbonyl (C=O) groups is 1. The van der Waals surface area contributed by atoms with Crippen molar-refractivity contribution in [1.82, 2.24) is 4.90 Å². The predicted molar refractivity (Wildman–Crippen MR) is 38.2 cm³/mol. The molecule has 1 saturated heterocycles. The van der Waals surface area contributed by atoms with Crippen molar-refractivity contribution in [3.63, 3.8) is 0 Å². The van der Waals surface area contributed by atoms with Gasteiger partial charge in [-0.1, -0.05) is 0 Å². The average Bonchev–Trinajstić information content (AvgIpc) is 1.51. The molecular formula is C5H9NO4S. The van der Waals surface area contributed by atoms with E-state index < -0.39 is 21.2 Å². The highest BCUT2D eigenvalue weighted by Crippen LogP contribution is 2.14. The lowest BCUT2D eigenvalue weighted by atomic mass is 10.2. The van der Waals surface area contributed by atoms with E-state index in [4.69, 9.17) is 5.11 Å². The van der Waals surface area contributed by atoms with Crippen molar-refractivity contribution in [3.05, 3.63) is 0 Å². The molecule has 5 nitrogen and oxygen atoms in total. The number of sulfone groups is 1. The van der Waals surface area contributed by atoms with E-state index in [1.165, 1.54) is 0 Å². The predicted octanol–water partition coefficient (Wildman–Crippen LogP) is -0.607. The van der Waals surface area contributed by atoms with E-state index in [2.05, 4.69) is 0 Å². The molecule has 0 spiro atoms. The van der Waals surface area contributed by atoms with Crippen molar-refractivity contribution in [2.75, 3.05) is 19.3 Å². The van der Waals surface area contributed by atoms with E-state index in [0.717, 1.165) is 11.2 Å². The Morgan fingerprint density at radius 1 is 1.55 bits per heavy atom. The molecule has 0 aromatic carbocycles. The summed E-state index contributed by atoms with van der Waals surface area (Å²) in [4.78, 5) is 11.3. The quantitative estimate of drug-likeness (QED) is 0.583. The van der Waals surface area contributed by atoms with Gasteiger partial charge in [0.1, 0.15) is 0 Å². The fourth-order valence-corrected chi connectivity index (χ4v) is 1.77. The van der Waals surface area contributed by atoms with Gasteiger partial charge in [-0.05, 0) is 0 Å². The van der Waals surface area contributed by atoms with E-state index >= 15 is 0 Å². The molecule has 0 unspecified atom stereocenters. The summed E-state index contributed by atoms with van der Waals surface area (Å²) >= 11 is 0. The van der Waals surface area contributed by atoms with Gasteiger partial charge >= 0.3 is 6.09 Å². The van der Waals surface area contributed by atoms with Gasteiger partial charge in [0, 0.05) is 19.3 Å². The molecule has 0 bridgehead atoms. The first-order valence-electron chi connectivity index (χ1n) is 3.08. The van der Waals surface area contributed by atoms with E-state index in [9.17, 15) is 13.2 Å². The van der Waals surface area contributed by atoms with E-state index in [0.29, 0.717) is 0 Å². The van der Waals surface area contributed by atoms with Crippen molar-refractivity contribution in [1.29, 1.82) is 0 Å². The summed E-state index contributed by atoms with van der Waals surface area (Å²) in [6.07, 6.45) is 0.0709. The fraction of sp³-hybridized carbons (Fsp3) is 0.800. The Morgan fingerprint density at radius 3 is 2.27 bits per heavy atom. The zero-order valence-corrected chi connectivity index (χ0v) is 6.84. The van der Waals surface area contributed by atoms with Gasteiger partial charge in [0.25, 0.3) is 0 Å². The van der Waals surface area contributed by atoms with Crippen LogP contribution in [0.1, 0.15) is 0 Å². The normalized spacial score (nSPS) is 19.5. The third kappa shape index (κ3) is 1.62. The highest BCUT2D eigenvalue weighted by atomic mass is 32.2. The van der Waals surface area contributed by atoms with Crippen molar-refractivity contribution >= 4 is 15.9 Å². The molecule has 0 saturated carbocycles. The lowest BCUT2D eigenvalue weighted by Gasteiger charge is -2.35. The summed E-state index contributed by atoms with van der Waals surface area (Å²) in [5.74, 6) is 0. The number of likely N-dealkylation sites (tertiary alicyclic amines) is 1. The summed E-state index contributed by atoms with van der Waals surface area (Å²) in [7, 11) is -3.04. The van der Waals surface area contributed by atoms with Crippen LogP contribution < -0.4 is 0 Å². The molecule has 1 aliphatic heterocycles. The number of hydrogen-bond donors (Lipinski definition) is 1. The molecular weight excluding hydrogens is 170 g/mol. The van der Waals surface area contributed by atoms with Crippen molar-refractivity contribution in [3.8, 4) is 0 Å². The molecule has 1 N–H and O–H groups in total. The van der Waals surface area contributed by atoms with Crippen LogP contribution in [-0.4, -0.2) is 49.1 Å². The first-order chi connectivity index (χ1) is 4.91. The number of hydrogen-bond acceptors (Lipinski definition) is 3. The van der Waals surface area contributed by atoms with E-state index in [-0.39, 0.29) is 13.1 Å². The van der Waals surface area contributed by atoms with E-state index in [1.807, 2.05) is 0 Å². The standard InChI is InChI=1S/C5H9NO4S/c1-11(9,10)4-2-6(3-4)5(7)8/h4H,2-3H2,1H3,(H,7,8). The summed E-state index contributed by atoms with van der Waals surface area (Å²) in [6.45, 7) is 0.238. The highest BCUT2D eigenvalue weighted by molar-refractivity contribution is 7.91. The van der Waals surface area contributed by atoms with Gasteiger partial charge in [-0.15, -0.1) is 0 Å². The smallest absolute Gasteiger partial charge is 0.407 e. The highest BCUT2D eigenvalue weighted by Gasteiger charge is 2.37. The Kier molecular flexibility index (Phi) is 1.79. The van der Waals surface area contributed by atoms with Gasteiger partial charge < -0.3 is 10.0 Å². The maximum Gasteiger partial charge on any atom is 0.407 e. The molecule has 1 aliphatic rings. The second-order valence-corrected chi connectivity index (χ2v) is 4.96. The molecule has 1 amide bonds. The molecule has 1 heterocycles. The third-order valence-corrected chi connectivity index (χ3v) is 3.23. The second kappa shape index (κ2) is 2.37. The topological polar surface area (TPSA) is 74.7 Å². The Bertz CT molecular complexity index is 264. The van der Waals surface area contributed by atoms with E-state index in [1.54, 1.807) is 0 Å². The van der Waals surface area contributed by atoms with Gasteiger partial charge in [-0.3, -0.25) is 0 Å². The lowest BCUT2D eigenvalue weighted by molar-refractivity contribution is 0.120. The van der Waals surface area contributed by atoms with Crippen LogP contribution in [0.4, 0.5) is 4.79 Å². The van der Waals surface area contributed by atoms with Crippen molar-refractivity contribution in [2.45, 2.75) is 5.25 Å². The molecule has 0 radical (unpaired) electrons. The SMILES string of the molecule is CS(=O)(=O)C1CN(C(=O)O)C1. The number of rotatable bonds is 1. The summed E-state index contributed by atoms with van der Waals surface area (Å²) < 4.78 is 21.5. The zero-order valence-electron chi connectivity index (χ0n) is 6.02. The largest absolute Gasteiger partial charge is 0.465 e. The molecule has 1 fully saturated rings. The van der Waals surface area contributed by atoms with Crippen LogP contribution in [0.5, 0.6) is 0 Å². The molecule has 0 atom stereocenters. The number of nitrogens with zero attached hydrogens (tertiary/aromatic N) is 1. The number of amides is 1. The monoisotopic (exact) mass is 179 g/mol. The molecule has 0 aromatic heterocycles. The molecule has 11 heavy (non-hydrogen) atoms. The minimum atomic E-state index is -3.04. The minimum absolute atomic E-state index is 0.119. The summed E-state index contributed by atoms with van der Waals surface area (Å²) in [5.41, 5.74) is 0. The zero-order chi connectivity index (χ0) is 8.65. The molecule has 1 rings (SSSR count). The van der Waals surface area contributed by atoms with Crippen LogP contribution in [0.25, 0.3) is 0 Å². The Morgan fingerprint density at radius 2 is 2.00 bits per heavy atom. The number of carboxylic acid groups (broad SMARTS) is 1. The van der Waals surface area contributed by atoms with Gasteiger partial charge in [0.2, 0.25) is 0 Å². The summed E-state index contributed by atoms with van der Waals surface area (Å²) in [5, 5.41) is 7.86. The second-order valence-electron chi connectivity index (χ2n) is 2.64. The maximum absolute atomic E-state index is 10.8. The third-order valence-electron chi connectivity index (χ3n) is 1.72. The first kappa shape index (κ1) is 8.32. The van der Waals surface area contributed by atoms with Crippen LogP contribution in [0, 0.1) is 0 Å². The Hall–Kier alpha value is -0.780. The van der Waals surface area contributed by atoms with Crippen LogP contribution in [0.2, 0.25) is 0 Å². The van der Waals surface area contributed by atoms with Gasteiger partial charge in [0.05, 0.1) is 5.25 Å². The summed E-state index contributed by atoms with van der Waals surface area (Å²) in [6, 6.07) is 0. The van der Waals surface area contributed by atoms with Gasteiger partial charge in [-0.2, -0.15) is 0 Å². The van der Waals surface area contributed by atoms with Crippen molar-refractivity contribution in [2.24, 2.45) is 0 Å². The van der Waals surface area contributed by atoms with Crippen LogP contribution in [0.3, 0.4) is 0 Å².